The molecule has 2 N–H and O–H groups in total. The lowest BCUT2D eigenvalue weighted by atomic mass is 9.94. The van der Waals surface area contributed by atoms with Gasteiger partial charge in [0.1, 0.15) is 6.10 Å². The van der Waals surface area contributed by atoms with E-state index in [1.807, 2.05) is 0 Å². The monoisotopic (exact) mass is 406 g/mol. The number of hydrogen-bond donors (Lipinski definition) is 2. The van der Waals surface area contributed by atoms with Crippen molar-refractivity contribution in [2.24, 2.45) is 0 Å². The highest BCUT2D eigenvalue weighted by atomic mass is 16.7. The van der Waals surface area contributed by atoms with Crippen molar-refractivity contribution >= 4 is 11.8 Å². The number of rotatable bonds is 3. The van der Waals surface area contributed by atoms with Crippen LogP contribution in [0.2, 0.25) is 0 Å². The van der Waals surface area contributed by atoms with E-state index in [1.54, 1.807) is 30.1 Å². The molecule has 3 aliphatic rings. The maximum Gasteiger partial charge on any atom is 0.254 e. The van der Waals surface area contributed by atoms with Crippen molar-refractivity contribution in [2.75, 3.05) is 33.6 Å². The molecular weight excluding hydrogens is 380 g/mol. The molecule has 2 amide bonds. The van der Waals surface area contributed by atoms with Crippen LogP contribution in [0, 0.1) is 0 Å². The van der Waals surface area contributed by atoms with Crippen molar-refractivity contribution in [1.82, 2.24) is 10.2 Å². The van der Waals surface area contributed by atoms with Crippen molar-refractivity contribution in [3.63, 3.8) is 0 Å². The van der Waals surface area contributed by atoms with E-state index in [1.165, 1.54) is 0 Å². The Kier molecular flexibility index (Phi) is 5.89. The fourth-order valence-electron chi connectivity index (χ4n) is 4.08. The Morgan fingerprint density at radius 1 is 1.21 bits per heavy atom. The molecular formula is C20H26N2O7. The third-order valence-electron chi connectivity index (χ3n) is 5.55. The Labute approximate surface area is 168 Å². The zero-order valence-corrected chi connectivity index (χ0v) is 16.3. The summed E-state index contributed by atoms with van der Waals surface area (Å²) in [5.74, 6) is 0.865. The first kappa shape index (κ1) is 19.9. The first-order chi connectivity index (χ1) is 14.0. The Bertz CT molecular complexity index is 771. The molecule has 0 saturated carbocycles. The number of aliphatic hydroxyl groups is 1. The molecule has 9 nitrogen and oxygen atoms in total. The van der Waals surface area contributed by atoms with Crippen LogP contribution in [0.5, 0.6) is 11.5 Å². The highest BCUT2D eigenvalue weighted by Gasteiger charge is 2.40. The largest absolute Gasteiger partial charge is 0.454 e. The molecule has 0 aliphatic carbocycles. The van der Waals surface area contributed by atoms with Crippen LogP contribution in [0.4, 0.5) is 0 Å². The van der Waals surface area contributed by atoms with Gasteiger partial charge in [-0.1, -0.05) is 0 Å². The van der Waals surface area contributed by atoms with Gasteiger partial charge in [0.2, 0.25) is 12.7 Å². The van der Waals surface area contributed by atoms with Crippen LogP contribution in [0.1, 0.15) is 29.6 Å². The average molecular weight is 406 g/mol. The van der Waals surface area contributed by atoms with Gasteiger partial charge < -0.3 is 34.3 Å². The van der Waals surface area contributed by atoms with E-state index in [9.17, 15) is 14.7 Å². The molecule has 4 rings (SSSR count). The molecule has 3 aliphatic heterocycles. The Hall–Kier alpha value is -2.36. The highest BCUT2D eigenvalue weighted by molar-refractivity contribution is 5.95. The normalized spacial score (nSPS) is 28.8. The van der Waals surface area contributed by atoms with Crippen LogP contribution >= 0.6 is 0 Å². The second kappa shape index (κ2) is 8.56. The second-order valence-electron chi connectivity index (χ2n) is 7.54. The molecule has 4 atom stereocenters. The zero-order valence-electron chi connectivity index (χ0n) is 16.3. The van der Waals surface area contributed by atoms with Crippen LogP contribution in [0.3, 0.4) is 0 Å². The summed E-state index contributed by atoms with van der Waals surface area (Å²) in [6.07, 6.45) is 0.236. The standard InChI is InChI=1S/C20H26N2O7/c1-21-19(24)7-14-3-4-15-18(29-14)10-26-9-13(23)8-22(15)20(25)12-2-5-16-17(6-12)28-11-27-16/h2,5-6,13-15,18,23H,3-4,7-11H2,1H3,(H,21,24)/t13-,14+,15+,18-/m0/s1. The summed E-state index contributed by atoms with van der Waals surface area (Å²) in [5, 5.41) is 12.9. The Morgan fingerprint density at radius 3 is 2.86 bits per heavy atom. The molecule has 3 heterocycles. The fourth-order valence-corrected chi connectivity index (χ4v) is 4.08. The molecule has 0 aromatic heterocycles. The Balaban J connectivity index is 1.54. The van der Waals surface area contributed by atoms with Crippen molar-refractivity contribution in [2.45, 2.75) is 43.6 Å². The summed E-state index contributed by atoms with van der Waals surface area (Å²) in [4.78, 5) is 26.7. The molecule has 1 aromatic carbocycles. The number of nitrogens with zero attached hydrogens (tertiary/aromatic N) is 1. The van der Waals surface area contributed by atoms with Gasteiger partial charge >= 0.3 is 0 Å². The minimum Gasteiger partial charge on any atom is -0.454 e. The number of benzene rings is 1. The summed E-state index contributed by atoms with van der Waals surface area (Å²) in [5.41, 5.74) is 0.467. The number of nitrogens with one attached hydrogen (secondary N) is 1. The minimum atomic E-state index is -0.780. The first-order valence-electron chi connectivity index (χ1n) is 9.87. The second-order valence-corrected chi connectivity index (χ2v) is 7.54. The van der Waals surface area contributed by atoms with Crippen LogP contribution in [0.25, 0.3) is 0 Å². The maximum absolute atomic E-state index is 13.3. The molecule has 2 fully saturated rings. The SMILES string of the molecule is CNC(=O)C[C@H]1CC[C@@H]2[C@H](COC[C@@H](O)CN2C(=O)c2ccc3c(c2)OCO3)O1. The molecule has 0 spiro atoms. The van der Waals surface area contributed by atoms with Crippen LogP contribution in [-0.4, -0.2) is 79.8 Å². The molecule has 29 heavy (non-hydrogen) atoms. The molecule has 158 valence electrons. The highest BCUT2D eigenvalue weighted by Crippen LogP contribution is 2.34. The van der Waals surface area contributed by atoms with E-state index in [0.29, 0.717) is 29.9 Å². The van der Waals surface area contributed by atoms with Gasteiger partial charge in [-0.25, -0.2) is 0 Å². The minimum absolute atomic E-state index is 0.0797. The van der Waals surface area contributed by atoms with E-state index in [2.05, 4.69) is 5.32 Å². The smallest absolute Gasteiger partial charge is 0.254 e. The van der Waals surface area contributed by atoms with Crippen molar-refractivity contribution < 1.29 is 33.6 Å². The number of β-amino-alcohol motifs (C(OH)–C–C–N with tert-alkyl or cyclic N) is 1. The van der Waals surface area contributed by atoms with E-state index in [0.717, 1.165) is 0 Å². The van der Waals surface area contributed by atoms with Gasteiger partial charge in [0.05, 0.1) is 37.9 Å². The van der Waals surface area contributed by atoms with Gasteiger partial charge in [0, 0.05) is 19.2 Å². The molecule has 0 bridgehead atoms. The van der Waals surface area contributed by atoms with Gasteiger partial charge in [-0.15, -0.1) is 0 Å². The van der Waals surface area contributed by atoms with Crippen LogP contribution in [-0.2, 0) is 14.3 Å². The van der Waals surface area contributed by atoms with Gasteiger partial charge in [-0.3, -0.25) is 9.59 Å². The number of carbonyl (C=O) groups excluding carboxylic acids is 2. The van der Waals surface area contributed by atoms with Crippen LogP contribution in [0.15, 0.2) is 18.2 Å². The van der Waals surface area contributed by atoms with E-state index < -0.39 is 6.10 Å². The lowest BCUT2D eigenvalue weighted by molar-refractivity contribution is -0.150. The van der Waals surface area contributed by atoms with Gasteiger partial charge in [-0.05, 0) is 31.0 Å². The predicted octanol–water partition coefficient (Wildman–Crippen LogP) is 0.301. The van der Waals surface area contributed by atoms with Crippen molar-refractivity contribution in [3.8, 4) is 11.5 Å². The molecule has 9 heteroatoms. The number of ether oxygens (including phenoxy) is 4. The van der Waals surface area contributed by atoms with Gasteiger partial charge in [0.25, 0.3) is 5.91 Å². The lowest BCUT2D eigenvalue weighted by Crippen LogP contribution is -2.57. The number of carbonyl (C=O) groups is 2. The Morgan fingerprint density at radius 2 is 2.03 bits per heavy atom. The third kappa shape index (κ3) is 4.31. The van der Waals surface area contributed by atoms with Crippen molar-refractivity contribution in [1.29, 1.82) is 0 Å². The van der Waals surface area contributed by atoms with Crippen molar-refractivity contribution in [3.05, 3.63) is 23.8 Å². The summed E-state index contributed by atoms with van der Waals surface area (Å²) in [6.45, 7) is 0.671. The topological polar surface area (TPSA) is 107 Å². The summed E-state index contributed by atoms with van der Waals surface area (Å²) < 4.78 is 22.4. The number of amides is 2. The zero-order chi connectivity index (χ0) is 20.4. The number of fused-ring (bicyclic) bond motifs is 2. The predicted molar refractivity (Wildman–Crippen MR) is 101 cm³/mol. The summed E-state index contributed by atoms with van der Waals surface area (Å²) >= 11 is 0. The van der Waals surface area contributed by atoms with E-state index >= 15 is 0 Å². The quantitative estimate of drug-likeness (QED) is 0.744. The van der Waals surface area contributed by atoms with E-state index in [4.69, 9.17) is 18.9 Å². The molecule has 2 saturated heterocycles. The third-order valence-corrected chi connectivity index (χ3v) is 5.55. The van der Waals surface area contributed by atoms with Crippen LogP contribution < -0.4 is 14.8 Å². The fraction of sp³-hybridized carbons (Fsp3) is 0.600. The van der Waals surface area contributed by atoms with E-state index in [-0.39, 0.29) is 63.0 Å². The average Bonchev–Trinajstić information content (AvgIpc) is 3.18. The summed E-state index contributed by atoms with van der Waals surface area (Å²) in [6, 6.07) is 4.83. The number of hydrogen-bond acceptors (Lipinski definition) is 7. The molecule has 0 radical (unpaired) electrons. The maximum atomic E-state index is 13.3. The van der Waals surface area contributed by atoms with Gasteiger partial charge in [-0.2, -0.15) is 0 Å². The molecule has 1 aromatic rings. The number of aliphatic hydroxyl groups excluding tert-OH is 1. The summed E-state index contributed by atoms with van der Waals surface area (Å²) in [7, 11) is 1.60. The van der Waals surface area contributed by atoms with Gasteiger partial charge in [0.15, 0.2) is 11.5 Å². The lowest BCUT2D eigenvalue weighted by Gasteiger charge is -2.44. The molecule has 0 unspecified atom stereocenters. The first-order valence-corrected chi connectivity index (χ1v) is 9.87.